The Morgan fingerprint density at radius 3 is 0.738 bits per heavy atom. The fourth-order valence-electron chi connectivity index (χ4n) is 9.10. The van der Waals surface area contributed by atoms with Gasteiger partial charge in [-0.25, -0.2) is 9.13 Å². The Morgan fingerprint density at radius 2 is 0.500 bits per heavy atom. The lowest BCUT2D eigenvalue weighted by Crippen LogP contribution is -2.30. The Kier molecular flexibility index (Phi) is 54.8. The zero-order valence-corrected chi connectivity index (χ0v) is 52.8. The summed E-state index contributed by atoms with van der Waals surface area (Å²) in [5, 5.41) is 10.5. The highest BCUT2D eigenvalue weighted by Gasteiger charge is 2.30. The number of ether oxygens (including phenoxy) is 4. The van der Waals surface area contributed by atoms with E-state index < -0.39 is 97.5 Å². The SMILES string of the molecule is CCCCCCCCCCCCCCC(=O)OC[C@H](COP(=O)(O)OC[C@@H](O)COP(=O)(O)OC[C@@H](COC(=O)CCCCCCCCC)OC(=O)CCCCCCCCCCC)OC(=O)CCCCCCCCCCCCCC. The van der Waals surface area contributed by atoms with E-state index in [1.165, 1.54) is 128 Å². The second-order valence-electron chi connectivity index (χ2n) is 22.1. The van der Waals surface area contributed by atoms with E-state index in [9.17, 15) is 43.2 Å². The Morgan fingerprint density at radius 1 is 0.300 bits per heavy atom. The first-order valence-corrected chi connectivity index (χ1v) is 35.3. The maximum atomic E-state index is 12.9. The summed E-state index contributed by atoms with van der Waals surface area (Å²) in [6, 6.07) is 0. The van der Waals surface area contributed by atoms with E-state index in [4.69, 9.17) is 37.0 Å². The summed E-state index contributed by atoms with van der Waals surface area (Å²) in [5.74, 6) is -2.14. The zero-order chi connectivity index (χ0) is 59.1. The fourth-order valence-corrected chi connectivity index (χ4v) is 10.7. The van der Waals surface area contributed by atoms with Crippen molar-refractivity contribution in [3.05, 3.63) is 0 Å². The van der Waals surface area contributed by atoms with Crippen LogP contribution in [-0.2, 0) is 65.4 Å². The second-order valence-corrected chi connectivity index (χ2v) is 25.0. The van der Waals surface area contributed by atoms with Crippen LogP contribution in [0.25, 0.3) is 0 Å². The topological polar surface area (TPSA) is 237 Å². The molecule has 17 nitrogen and oxygen atoms in total. The van der Waals surface area contributed by atoms with Gasteiger partial charge in [-0.1, -0.05) is 259 Å². The van der Waals surface area contributed by atoms with Crippen molar-refractivity contribution in [2.24, 2.45) is 0 Å². The third kappa shape index (κ3) is 55.3. The van der Waals surface area contributed by atoms with Gasteiger partial charge in [-0.05, 0) is 25.7 Å². The predicted molar refractivity (Wildman–Crippen MR) is 317 cm³/mol. The number of esters is 4. The monoisotopic (exact) mass is 1180 g/mol. The Labute approximate surface area is 486 Å². The van der Waals surface area contributed by atoms with Gasteiger partial charge in [0.05, 0.1) is 26.4 Å². The van der Waals surface area contributed by atoms with E-state index in [0.29, 0.717) is 25.7 Å². The molecule has 474 valence electrons. The van der Waals surface area contributed by atoms with Gasteiger partial charge in [-0.15, -0.1) is 0 Å². The molecule has 0 saturated heterocycles. The van der Waals surface area contributed by atoms with Crippen molar-refractivity contribution < 1.29 is 80.2 Å². The lowest BCUT2D eigenvalue weighted by atomic mass is 10.0. The highest BCUT2D eigenvalue weighted by molar-refractivity contribution is 7.47. The number of unbranched alkanes of at least 4 members (excludes halogenated alkanes) is 36. The van der Waals surface area contributed by atoms with Crippen LogP contribution in [0.15, 0.2) is 0 Å². The van der Waals surface area contributed by atoms with Gasteiger partial charge in [0.1, 0.15) is 19.3 Å². The average Bonchev–Trinajstić information content (AvgIpc) is 3.43. The lowest BCUT2D eigenvalue weighted by Gasteiger charge is -2.21. The van der Waals surface area contributed by atoms with E-state index in [-0.39, 0.29) is 25.7 Å². The average molecular weight is 1190 g/mol. The number of aliphatic hydroxyl groups excluding tert-OH is 1. The van der Waals surface area contributed by atoms with Gasteiger partial charge in [0.15, 0.2) is 12.2 Å². The standard InChI is InChI=1S/C61H118O17P2/c1-5-9-13-17-21-24-26-28-31-34-38-42-46-59(64)72-52-57(78-61(66)48-44-40-36-32-29-27-25-22-18-14-10-6-2)54-76-80(69,70)74-50-55(62)49-73-79(67,68)75-53-56(51-71-58(63)45-41-37-33-20-16-12-8-4)77-60(65)47-43-39-35-30-23-19-15-11-7-3/h55-57,62H,5-54H2,1-4H3,(H,67,68)(H,69,70)/t55-,56+,57+/m0/s1. The van der Waals surface area contributed by atoms with Gasteiger partial charge in [-0.3, -0.25) is 37.3 Å². The van der Waals surface area contributed by atoms with Crippen molar-refractivity contribution in [1.82, 2.24) is 0 Å². The molecule has 19 heteroatoms. The summed E-state index contributed by atoms with van der Waals surface area (Å²) in [4.78, 5) is 71.9. The molecule has 0 aromatic rings. The molecular formula is C61H118O17P2. The summed E-state index contributed by atoms with van der Waals surface area (Å²) < 4.78 is 67.8. The van der Waals surface area contributed by atoms with Crippen molar-refractivity contribution in [2.75, 3.05) is 39.6 Å². The molecule has 0 aromatic heterocycles. The Bertz CT molecular complexity index is 1550. The molecule has 0 rings (SSSR count). The summed E-state index contributed by atoms with van der Waals surface area (Å²) in [6.45, 7) is 4.82. The molecule has 0 radical (unpaired) electrons. The number of aliphatic hydroxyl groups is 1. The molecule has 0 heterocycles. The fraction of sp³-hybridized carbons (Fsp3) is 0.934. The minimum absolute atomic E-state index is 0.106. The maximum absolute atomic E-state index is 12.9. The normalized spacial score (nSPS) is 14.2. The number of hydrogen-bond acceptors (Lipinski definition) is 15. The van der Waals surface area contributed by atoms with Crippen LogP contribution in [0.3, 0.4) is 0 Å². The van der Waals surface area contributed by atoms with E-state index in [0.717, 1.165) is 103 Å². The molecule has 0 fully saturated rings. The third-order valence-electron chi connectivity index (χ3n) is 14.1. The lowest BCUT2D eigenvalue weighted by molar-refractivity contribution is -0.161. The molecule has 0 aliphatic heterocycles. The summed E-state index contributed by atoms with van der Waals surface area (Å²) in [6.07, 6.45) is 40.3. The third-order valence-corrected chi connectivity index (χ3v) is 16.0. The molecule has 80 heavy (non-hydrogen) atoms. The minimum atomic E-state index is -4.94. The van der Waals surface area contributed by atoms with Crippen LogP contribution in [0.5, 0.6) is 0 Å². The van der Waals surface area contributed by atoms with Crippen molar-refractivity contribution in [1.29, 1.82) is 0 Å². The van der Waals surface area contributed by atoms with Gasteiger partial charge in [0, 0.05) is 25.7 Å². The van der Waals surface area contributed by atoms with E-state index in [1.807, 2.05) is 0 Å². The van der Waals surface area contributed by atoms with Crippen molar-refractivity contribution in [3.8, 4) is 0 Å². The number of phosphoric acid groups is 2. The highest BCUT2D eigenvalue weighted by atomic mass is 31.2. The first-order valence-electron chi connectivity index (χ1n) is 32.3. The Hall–Kier alpha value is -1.94. The summed E-state index contributed by atoms with van der Waals surface area (Å²) in [7, 11) is -9.87. The first kappa shape index (κ1) is 78.1. The van der Waals surface area contributed by atoms with Gasteiger partial charge in [0.25, 0.3) is 0 Å². The zero-order valence-electron chi connectivity index (χ0n) is 51.0. The molecule has 0 aromatic carbocycles. The van der Waals surface area contributed by atoms with E-state index >= 15 is 0 Å². The van der Waals surface area contributed by atoms with Gasteiger partial charge >= 0.3 is 39.5 Å². The molecule has 0 aliphatic rings. The molecule has 2 unspecified atom stereocenters. The number of hydrogen-bond donors (Lipinski definition) is 3. The van der Waals surface area contributed by atoms with Crippen LogP contribution in [0.4, 0.5) is 0 Å². The molecule has 0 spiro atoms. The predicted octanol–water partition coefficient (Wildman–Crippen LogP) is 16.8. The molecule has 0 saturated carbocycles. The van der Waals surface area contributed by atoms with Gasteiger partial charge < -0.3 is 33.8 Å². The number of carbonyl (C=O) groups excluding carboxylic acids is 4. The van der Waals surface area contributed by atoms with E-state index in [2.05, 4.69) is 27.7 Å². The Balaban J connectivity index is 5.20. The van der Waals surface area contributed by atoms with Crippen LogP contribution in [0.1, 0.15) is 310 Å². The van der Waals surface area contributed by atoms with Crippen LogP contribution < -0.4 is 0 Å². The molecular weight excluding hydrogens is 1070 g/mol. The maximum Gasteiger partial charge on any atom is 0.472 e. The van der Waals surface area contributed by atoms with Crippen LogP contribution in [0.2, 0.25) is 0 Å². The van der Waals surface area contributed by atoms with Crippen molar-refractivity contribution in [3.63, 3.8) is 0 Å². The molecule has 0 bridgehead atoms. The van der Waals surface area contributed by atoms with Crippen LogP contribution in [-0.4, -0.2) is 96.7 Å². The minimum Gasteiger partial charge on any atom is -0.462 e. The molecule has 5 atom stereocenters. The van der Waals surface area contributed by atoms with Crippen molar-refractivity contribution >= 4 is 39.5 Å². The van der Waals surface area contributed by atoms with Crippen LogP contribution >= 0.6 is 15.6 Å². The number of carbonyl (C=O) groups is 4. The first-order chi connectivity index (χ1) is 38.7. The molecule has 3 N–H and O–H groups in total. The largest absolute Gasteiger partial charge is 0.472 e. The number of phosphoric ester groups is 2. The smallest absolute Gasteiger partial charge is 0.462 e. The number of rotatable bonds is 62. The van der Waals surface area contributed by atoms with E-state index in [1.54, 1.807) is 0 Å². The quantitative estimate of drug-likeness (QED) is 0.0222. The summed E-state index contributed by atoms with van der Waals surface area (Å²) >= 11 is 0. The van der Waals surface area contributed by atoms with Crippen molar-refractivity contribution in [2.45, 2.75) is 329 Å². The molecule has 0 aliphatic carbocycles. The highest BCUT2D eigenvalue weighted by Crippen LogP contribution is 2.45. The van der Waals surface area contributed by atoms with Gasteiger partial charge in [-0.2, -0.15) is 0 Å². The second kappa shape index (κ2) is 56.2. The molecule has 0 amide bonds. The summed E-state index contributed by atoms with van der Waals surface area (Å²) in [5.41, 5.74) is 0. The van der Waals surface area contributed by atoms with Crippen LogP contribution in [0, 0.1) is 0 Å². The van der Waals surface area contributed by atoms with Gasteiger partial charge in [0.2, 0.25) is 0 Å².